The first-order valence-corrected chi connectivity index (χ1v) is 13.3. The molecular formula is C25H31FN6O3S. The Kier molecular flexibility index (Phi) is 7.20. The highest BCUT2D eigenvalue weighted by Crippen LogP contribution is 2.29. The lowest BCUT2D eigenvalue weighted by atomic mass is 10.1. The van der Waals surface area contributed by atoms with Gasteiger partial charge in [0, 0.05) is 69.2 Å². The fourth-order valence-electron chi connectivity index (χ4n) is 5.00. The topological polar surface area (TPSA) is 89.1 Å². The maximum atomic E-state index is 14.2. The number of carbonyl (C=O) groups excluding carboxylic acids is 3. The van der Waals surface area contributed by atoms with E-state index in [0.717, 1.165) is 42.9 Å². The Hall–Kier alpha value is -3.05. The van der Waals surface area contributed by atoms with E-state index in [1.165, 1.54) is 23.5 Å². The Labute approximate surface area is 213 Å². The van der Waals surface area contributed by atoms with Gasteiger partial charge in [-0.05, 0) is 38.1 Å². The first kappa shape index (κ1) is 24.6. The van der Waals surface area contributed by atoms with E-state index in [2.05, 4.69) is 22.2 Å². The lowest BCUT2D eigenvalue weighted by Crippen LogP contribution is -2.52. The molecule has 0 spiro atoms. The fraction of sp³-hybridized carbons (Fsp3) is 0.520. The summed E-state index contributed by atoms with van der Waals surface area (Å²) in [5.41, 5.74) is 1.90. The summed E-state index contributed by atoms with van der Waals surface area (Å²) in [5, 5.41) is 3.39. The number of rotatable bonds is 5. The number of anilines is 2. The van der Waals surface area contributed by atoms with E-state index in [9.17, 15) is 18.8 Å². The highest BCUT2D eigenvalue weighted by Gasteiger charge is 2.28. The van der Waals surface area contributed by atoms with Crippen LogP contribution >= 0.6 is 11.3 Å². The van der Waals surface area contributed by atoms with Gasteiger partial charge in [0.1, 0.15) is 5.82 Å². The minimum absolute atomic E-state index is 0.0447. The van der Waals surface area contributed by atoms with E-state index in [4.69, 9.17) is 0 Å². The summed E-state index contributed by atoms with van der Waals surface area (Å²) in [5.74, 6) is -0.890. The number of carbonyl (C=O) groups is 3. The lowest BCUT2D eigenvalue weighted by molar-refractivity contribution is -0.142. The quantitative estimate of drug-likeness (QED) is 0.658. The third-order valence-electron chi connectivity index (χ3n) is 7.07. The molecule has 5 rings (SSSR count). The molecule has 0 unspecified atom stereocenters. The average molecular weight is 515 g/mol. The van der Waals surface area contributed by atoms with Gasteiger partial charge in [-0.25, -0.2) is 9.37 Å². The summed E-state index contributed by atoms with van der Waals surface area (Å²) in [6.45, 7) is 4.49. The van der Waals surface area contributed by atoms with E-state index in [0.29, 0.717) is 50.0 Å². The first-order valence-electron chi connectivity index (χ1n) is 12.5. The second kappa shape index (κ2) is 10.5. The molecule has 1 aromatic carbocycles. The molecule has 36 heavy (non-hydrogen) atoms. The SMILES string of the molecule is CN1CCc2nc(NC(=O)c3cc(F)ccc3N3CCN(C(=O)CN4CCCCC4=O)CC3)sc2C1. The highest BCUT2D eigenvalue weighted by atomic mass is 32.1. The number of nitrogens with zero attached hydrogens (tertiary/aromatic N) is 5. The molecule has 11 heteroatoms. The molecule has 0 bridgehead atoms. The van der Waals surface area contributed by atoms with Crippen molar-refractivity contribution >= 4 is 39.9 Å². The van der Waals surface area contributed by atoms with Crippen LogP contribution in [-0.4, -0.2) is 90.3 Å². The van der Waals surface area contributed by atoms with Crippen LogP contribution in [0, 0.1) is 5.82 Å². The predicted octanol–water partition coefficient (Wildman–Crippen LogP) is 2.18. The van der Waals surface area contributed by atoms with Crippen LogP contribution in [0.25, 0.3) is 0 Å². The van der Waals surface area contributed by atoms with Crippen molar-refractivity contribution in [3.05, 3.63) is 40.2 Å². The van der Waals surface area contributed by atoms with Gasteiger partial charge in [0.15, 0.2) is 5.13 Å². The van der Waals surface area contributed by atoms with Crippen LogP contribution in [0.2, 0.25) is 0 Å². The summed E-state index contributed by atoms with van der Waals surface area (Å²) >= 11 is 1.46. The van der Waals surface area contributed by atoms with Crippen LogP contribution in [0.1, 0.15) is 40.2 Å². The molecule has 2 saturated heterocycles. The van der Waals surface area contributed by atoms with Crippen molar-refractivity contribution in [2.75, 3.05) is 63.1 Å². The molecule has 2 fully saturated rings. The molecule has 1 aromatic heterocycles. The molecule has 4 heterocycles. The molecule has 9 nitrogen and oxygen atoms in total. The average Bonchev–Trinajstić information content (AvgIpc) is 3.26. The lowest BCUT2D eigenvalue weighted by Gasteiger charge is -2.38. The molecular weight excluding hydrogens is 483 g/mol. The summed E-state index contributed by atoms with van der Waals surface area (Å²) in [7, 11) is 2.06. The normalized spacial score (nSPS) is 18.8. The number of nitrogens with one attached hydrogen (secondary N) is 1. The minimum Gasteiger partial charge on any atom is -0.367 e. The monoisotopic (exact) mass is 514 g/mol. The van der Waals surface area contributed by atoms with Gasteiger partial charge in [-0.2, -0.15) is 0 Å². The van der Waals surface area contributed by atoms with Gasteiger partial charge in [0.05, 0.1) is 17.8 Å². The van der Waals surface area contributed by atoms with Gasteiger partial charge in [-0.15, -0.1) is 11.3 Å². The second-order valence-corrected chi connectivity index (χ2v) is 10.7. The van der Waals surface area contributed by atoms with E-state index in [1.54, 1.807) is 15.9 Å². The van der Waals surface area contributed by atoms with Crippen molar-refractivity contribution in [3.8, 4) is 0 Å². The smallest absolute Gasteiger partial charge is 0.259 e. The van der Waals surface area contributed by atoms with Crippen molar-refractivity contribution in [2.24, 2.45) is 0 Å². The van der Waals surface area contributed by atoms with Crippen molar-refractivity contribution in [1.82, 2.24) is 19.7 Å². The number of amides is 3. The minimum atomic E-state index is -0.482. The number of thiazole rings is 1. The number of piperidine rings is 1. The fourth-order valence-corrected chi connectivity index (χ4v) is 6.08. The van der Waals surface area contributed by atoms with Gasteiger partial charge in [0.25, 0.3) is 5.91 Å². The number of fused-ring (bicyclic) bond motifs is 1. The van der Waals surface area contributed by atoms with Gasteiger partial charge in [-0.1, -0.05) is 0 Å². The Bertz CT molecular complexity index is 1160. The van der Waals surface area contributed by atoms with E-state index < -0.39 is 11.7 Å². The Morgan fingerprint density at radius 3 is 2.67 bits per heavy atom. The molecule has 0 atom stereocenters. The van der Waals surface area contributed by atoms with Crippen molar-refractivity contribution < 1.29 is 18.8 Å². The largest absolute Gasteiger partial charge is 0.367 e. The summed E-state index contributed by atoms with van der Waals surface area (Å²) < 4.78 is 14.2. The number of hydrogen-bond donors (Lipinski definition) is 1. The Balaban J connectivity index is 1.23. The van der Waals surface area contributed by atoms with Crippen LogP contribution in [0.5, 0.6) is 0 Å². The van der Waals surface area contributed by atoms with Crippen LogP contribution in [0.15, 0.2) is 18.2 Å². The summed E-state index contributed by atoms with van der Waals surface area (Å²) in [4.78, 5) is 51.4. The maximum absolute atomic E-state index is 14.2. The molecule has 2 aromatic rings. The van der Waals surface area contributed by atoms with Crippen molar-refractivity contribution in [3.63, 3.8) is 0 Å². The number of hydrogen-bond acceptors (Lipinski definition) is 7. The predicted molar refractivity (Wildman–Crippen MR) is 136 cm³/mol. The zero-order valence-corrected chi connectivity index (χ0v) is 21.3. The molecule has 0 aliphatic carbocycles. The second-order valence-electron chi connectivity index (χ2n) is 9.63. The van der Waals surface area contributed by atoms with Crippen molar-refractivity contribution in [1.29, 1.82) is 0 Å². The highest BCUT2D eigenvalue weighted by molar-refractivity contribution is 7.15. The molecule has 192 valence electrons. The summed E-state index contributed by atoms with van der Waals surface area (Å²) in [6, 6.07) is 4.23. The molecule has 1 N–H and O–H groups in total. The molecule has 3 aliphatic heterocycles. The van der Waals surface area contributed by atoms with Crippen molar-refractivity contribution in [2.45, 2.75) is 32.2 Å². The van der Waals surface area contributed by atoms with E-state index in [1.807, 2.05) is 4.90 Å². The Morgan fingerprint density at radius 1 is 1.08 bits per heavy atom. The molecule has 0 saturated carbocycles. The number of likely N-dealkylation sites (tertiary alicyclic amines) is 1. The standard InChI is InChI=1S/C25H31FN6O3S/c1-29-9-7-19-21(15-29)36-25(27-19)28-24(35)18-14-17(26)5-6-20(18)30-10-12-31(13-11-30)23(34)16-32-8-3-2-4-22(32)33/h5-6,14H,2-4,7-13,15-16H2,1H3,(H,27,28,35). The first-order chi connectivity index (χ1) is 17.4. The van der Waals surface area contributed by atoms with Crippen LogP contribution in [0.3, 0.4) is 0 Å². The molecule has 3 aliphatic rings. The molecule has 3 amide bonds. The number of piperazine rings is 1. The van der Waals surface area contributed by atoms with E-state index in [-0.39, 0.29) is 23.9 Å². The number of aromatic nitrogens is 1. The van der Waals surface area contributed by atoms with Crippen LogP contribution in [0.4, 0.5) is 15.2 Å². The van der Waals surface area contributed by atoms with Gasteiger partial charge in [0.2, 0.25) is 11.8 Å². The number of halogens is 1. The Morgan fingerprint density at radius 2 is 1.89 bits per heavy atom. The van der Waals surface area contributed by atoms with E-state index >= 15 is 0 Å². The zero-order chi connectivity index (χ0) is 25.2. The van der Waals surface area contributed by atoms with Gasteiger partial charge in [-0.3, -0.25) is 19.7 Å². The van der Waals surface area contributed by atoms with Crippen LogP contribution < -0.4 is 10.2 Å². The third kappa shape index (κ3) is 5.36. The third-order valence-corrected chi connectivity index (χ3v) is 8.06. The maximum Gasteiger partial charge on any atom is 0.259 e. The zero-order valence-electron chi connectivity index (χ0n) is 20.5. The van der Waals surface area contributed by atoms with Gasteiger partial charge >= 0.3 is 0 Å². The summed E-state index contributed by atoms with van der Waals surface area (Å²) in [6.07, 6.45) is 3.18. The van der Waals surface area contributed by atoms with Gasteiger partial charge < -0.3 is 19.6 Å². The number of benzene rings is 1. The number of likely N-dealkylation sites (N-methyl/N-ethyl adjacent to an activating group) is 1. The molecule has 0 radical (unpaired) electrons. The van der Waals surface area contributed by atoms with Crippen LogP contribution in [-0.2, 0) is 22.6 Å².